The fraction of sp³-hybridized carbons (Fsp3) is 0.235. The maximum absolute atomic E-state index is 11.7. The first-order valence-corrected chi connectivity index (χ1v) is 8.36. The van der Waals surface area contributed by atoms with E-state index in [-0.39, 0.29) is 0 Å². The summed E-state index contributed by atoms with van der Waals surface area (Å²) >= 11 is 1.46. The molecule has 7 heteroatoms. The van der Waals surface area contributed by atoms with Crippen molar-refractivity contribution in [2.75, 3.05) is 7.11 Å². The number of carbonyl (C=O) groups is 1. The number of furan rings is 1. The number of para-hydroxylation sites is 1. The van der Waals surface area contributed by atoms with Gasteiger partial charge in [-0.1, -0.05) is 30.0 Å². The molecule has 0 aliphatic rings. The molecule has 0 aliphatic carbocycles. The predicted molar refractivity (Wildman–Crippen MR) is 90.4 cm³/mol. The number of aromatic nitrogens is 3. The third-order valence-corrected chi connectivity index (χ3v) is 4.56. The highest BCUT2D eigenvalue weighted by atomic mass is 32.2. The topological polar surface area (TPSA) is 70.2 Å². The Hall–Kier alpha value is -2.54. The predicted octanol–water partition coefficient (Wildman–Crippen LogP) is 3.56. The molecule has 0 saturated heterocycles. The zero-order chi connectivity index (χ0) is 17.1. The third-order valence-electron chi connectivity index (χ3n) is 3.63. The van der Waals surface area contributed by atoms with Gasteiger partial charge >= 0.3 is 5.97 Å². The van der Waals surface area contributed by atoms with E-state index < -0.39 is 5.97 Å². The molecule has 0 spiro atoms. The van der Waals surface area contributed by atoms with Crippen LogP contribution in [0, 0.1) is 13.8 Å². The van der Waals surface area contributed by atoms with Crippen LogP contribution >= 0.6 is 11.8 Å². The van der Waals surface area contributed by atoms with Crippen LogP contribution in [-0.2, 0) is 10.5 Å². The Morgan fingerprint density at radius 1 is 1.25 bits per heavy atom. The van der Waals surface area contributed by atoms with Gasteiger partial charge in [-0.25, -0.2) is 4.79 Å². The van der Waals surface area contributed by atoms with E-state index in [9.17, 15) is 4.79 Å². The molecule has 0 bridgehead atoms. The lowest BCUT2D eigenvalue weighted by molar-refractivity contribution is 0.0598. The molecular formula is C17H17N3O3S. The lowest BCUT2D eigenvalue weighted by Gasteiger charge is -2.10. The van der Waals surface area contributed by atoms with Crippen molar-refractivity contribution in [3.63, 3.8) is 0 Å². The number of esters is 1. The molecule has 1 aromatic carbocycles. The number of nitrogens with zero attached hydrogens (tertiary/aromatic N) is 3. The number of benzene rings is 1. The molecule has 2 aromatic heterocycles. The van der Waals surface area contributed by atoms with Crippen LogP contribution < -0.4 is 0 Å². The Bertz CT molecular complexity index is 870. The quantitative estimate of drug-likeness (QED) is 0.521. The van der Waals surface area contributed by atoms with Crippen LogP contribution in [0.3, 0.4) is 0 Å². The lowest BCUT2D eigenvalue weighted by Crippen LogP contribution is -2.03. The molecule has 0 N–H and O–H groups in total. The summed E-state index contributed by atoms with van der Waals surface area (Å²) in [5.74, 6) is 1.42. The van der Waals surface area contributed by atoms with Crippen LogP contribution in [0.4, 0.5) is 0 Å². The van der Waals surface area contributed by atoms with Gasteiger partial charge in [0.25, 0.3) is 0 Å². The minimum atomic E-state index is -0.407. The standard InChI is InChI=1S/C17H17N3O3S/c1-11-6-4-5-7-14(11)20-12(2)18-19-17(20)24-10-15-13(8-9-23-15)16(21)22-3/h4-9H,10H2,1-3H3. The molecule has 24 heavy (non-hydrogen) atoms. The molecule has 0 fully saturated rings. The molecule has 3 aromatic rings. The van der Waals surface area contributed by atoms with Crippen molar-refractivity contribution in [3.8, 4) is 5.69 Å². The van der Waals surface area contributed by atoms with Crippen LogP contribution in [0.25, 0.3) is 5.69 Å². The highest BCUT2D eigenvalue weighted by molar-refractivity contribution is 7.98. The number of hydrogen-bond acceptors (Lipinski definition) is 6. The van der Waals surface area contributed by atoms with Crippen molar-refractivity contribution in [1.29, 1.82) is 0 Å². The summed E-state index contributed by atoms with van der Waals surface area (Å²) in [6.07, 6.45) is 1.49. The van der Waals surface area contributed by atoms with Crippen molar-refractivity contribution in [2.45, 2.75) is 24.8 Å². The summed E-state index contributed by atoms with van der Waals surface area (Å²) in [7, 11) is 1.35. The number of methoxy groups -OCH3 is 1. The summed E-state index contributed by atoms with van der Waals surface area (Å²) in [4.78, 5) is 11.7. The molecular weight excluding hydrogens is 326 g/mol. The summed E-state index contributed by atoms with van der Waals surface area (Å²) < 4.78 is 12.2. The van der Waals surface area contributed by atoms with E-state index in [0.717, 1.165) is 22.2 Å². The largest absolute Gasteiger partial charge is 0.468 e. The average Bonchev–Trinajstić information content (AvgIpc) is 3.19. The van der Waals surface area contributed by atoms with Crippen LogP contribution in [-0.4, -0.2) is 27.8 Å². The van der Waals surface area contributed by atoms with Gasteiger partial charge < -0.3 is 9.15 Å². The van der Waals surface area contributed by atoms with Crippen LogP contribution in [0.2, 0.25) is 0 Å². The third kappa shape index (κ3) is 3.07. The molecule has 0 radical (unpaired) electrons. The fourth-order valence-corrected chi connectivity index (χ4v) is 3.34. The zero-order valence-corrected chi connectivity index (χ0v) is 14.5. The van der Waals surface area contributed by atoms with E-state index in [1.807, 2.05) is 42.7 Å². The second-order valence-electron chi connectivity index (χ2n) is 5.19. The van der Waals surface area contributed by atoms with Gasteiger partial charge in [0.05, 0.1) is 24.8 Å². The lowest BCUT2D eigenvalue weighted by atomic mass is 10.2. The Kier molecular flexibility index (Phi) is 4.71. The average molecular weight is 343 g/mol. The van der Waals surface area contributed by atoms with Gasteiger partial charge in [-0.3, -0.25) is 4.57 Å². The first kappa shape index (κ1) is 16.3. The van der Waals surface area contributed by atoms with Gasteiger partial charge in [0.15, 0.2) is 5.16 Å². The Morgan fingerprint density at radius 2 is 2.04 bits per heavy atom. The Morgan fingerprint density at radius 3 is 2.79 bits per heavy atom. The molecule has 3 rings (SSSR count). The van der Waals surface area contributed by atoms with Gasteiger partial charge in [0.2, 0.25) is 0 Å². The number of carbonyl (C=O) groups excluding carboxylic acids is 1. The first-order chi connectivity index (χ1) is 11.6. The maximum Gasteiger partial charge on any atom is 0.341 e. The van der Waals surface area contributed by atoms with E-state index in [0.29, 0.717) is 17.1 Å². The number of aryl methyl sites for hydroxylation is 2. The number of hydrogen-bond donors (Lipinski definition) is 0. The minimum absolute atomic E-state index is 0.407. The molecule has 2 heterocycles. The van der Waals surface area contributed by atoms with Gasteiger partial charge in [0, 0.05) is 0 Å². The van der Waals surface area contributed by atoms with Crippen molar-refractivity contribution < 1.29 is 13.9 Å². The molecule has 6 nitrogen and oxygen atoms in total. The van der Waals surface area contributed by atoms with E-state index in [4.69, 9.17) is 9.15 Å². The second kappa shape index (κ2) is 6.92. The van der Waals surface area contributed by atoms with E-state index >= 15 is 0 Å². The molecule has 0 unspecified atom stereocenters. The van der Waals surface area contributed by atoms with Crippen molar-refractivity contribution in [2.24, 2.45) is 0 Å². The Balaban J connectivity index is 1.87. The molecule has 124 valence electrons. The zero-order valence-electron chi connectivity index (χ0n) is 13.6. The first-order valence-electron chi connectivity index (χ1n) is 7.37. The van der Waals surface area contributed by atoms with Gasteiger partial charge in [-0.2, -0.15) is 0 Å². The van der Waals surface area contributed by atoms with E-state index in [1.165, 1.54) is 25.1 Å². The second-order valence-corrected chi connectivity index (χ2v) is 6.13. The van der Waals surface area contributed by atoms with Gasteiger partial charge in [-0.05, 0) is 31.5 Å². The van der Waals surface area contributed by atoms with E-state index in [2.05, 4.69) is 10.2 Å². The van der Waals surface area contributed by atoms with E-state index in [1.54, 1.807) is 6.07 Å². The Labute approximate surface area is 143 Å². The summed E-state index contributed by atoms with van der Waals surface area (Å²) in [6, 6.07) is 9.67. The number of ether oxygens (including phenoxy) is 1. The van der Waals surface area contributed by atoms with Gasteiger partial charge in [0.1, 0.15) is 17.1 Å². The number of rotatable bonds is 5. The van der Waals surface area contributed by atoms with Crippen molar-refractivity contribution in [1.82, 2.24) is 14.8 Å². The molecule has 0 saturated carbocycles. The molecule has 0 aliphatic heterocycles. The maximum atomic E-state index is 11.7. The number of thioether (sulfide) groups is 1. The van der Waals surface area contributed by atoms with Crippen molar-refractivity contribution >= 4 is 17.7 Å². The fourth-order valence-electron chi connectivity index (χ4n) is 2.40. The SMILES string of the molecule is COC(=O)c1ccoc1CSc1nnc(C)n1-c1ccccc1C. The summed E-state index contributed by atoms with van der Waals surface area (Å²) in [6.45, 7) is 3.96. The monoisotopic (exact) mass is 343 g/mol. The van der Waals surface area contributed by atoms with Crippen LogP contribution in [0.5, 0.6) is 0 Å². The van der Waals surface area contributed by atoms with Crippen LogP contribution in [0.15, 0.2) is 46.2 Å². The molecule has 0 atom stereocenters. The summed E-state index contributed by atoms with van der Waals surface area (Å²) in [5.41, 5.74) is 2.61. The molecule has 0 amide bonds. The minimum Gasteiger partial charge on any atom is -0.468 e. The highest BCUT2D eigenvalue weighted by Gasteiger charge is 2.18. The van der Waals surface area contributed by atoms with Gasteiger partial charge in [-0.15, -0.1) is 10.2 Å². The summed E-state index contributed by atoms with van der Waals surface area (Å²) in [5, 5.41) is 9.17. The normalized spacial score (nSPS) is 10.8. The highest BCUT2D eigenvalue weighted by Crippen LogP contribution is 2.28. The van der Waals surface area contributed by atoms with Crippen LogP contribution in [0.1, 0.15) is 27.5 Å². The smallest absolute Gasteiger partial charge is 0.341 e. The van der Waals surface area contributed by atoms with Crippen molar-refractivity contribution in [3.05, 3.63) is 59.3 Å².